The second kappa shape index (κ2) is 5.51. The van der Waals surface area contributed by atoms with Gasteiger partial charge in [0.05, 0.1) is 13.2 Å². The first-order valence-electron chi connectivity index (χ1n) is 6.21. The van der Waals surface area contributed by atoms with Crippen LogP contribution in [0.5, 0.6) is 0 Å². The molecule has 0 atom stereocenters. The van der Waals surface area contributed by atoms with Gasteiger partial charge < -0.3 is 9.72 Å². The maximum absolute atomic E-state index is 5.34. The second-order valence-electron chi connectivity index (χ2n) is 4.67. The third-order valence-corrected chi connectivity index (χ3v) is 3.26. The Balaban J connectivity index is 1.73. The van der Waals surface area contributed by atoms with Gasteiger partial charge in [-0.25, -0.2) is 0 Å². The fourth-order valence-corrected chi connectivity index (χ4v) is 2.35. The van der Waals surface area contributed by atoms with Gasteiger partial charge in [-0.1, -0.05) is 0 Å². The van der Waals surface area contributed by atoms with Crippen LogP contribution in [0.1, 0.15) is 23.4 Å². The lowest BCUT2D eigenvalue weighted by molar-refractivity contribution is 0.0374. The number of H-pyrrole nitrogens is 1. The quantitative estimate of drug-likeness (QED) is 0.842. The van der Waals surface area contributed by atoms with E-state index in [1.807, 2.05) is 0 Å². The highest BCUT2D eigenvalue weighted by atomic mass is 16.5. The largest absolute Gasteiger partial charge is 0.379 e. The molecule has 0 unspecified atom stereocenters. The van der Waals surface area contributed by atoms with Crippen LogP contribution in [0.2, 0.25) is 0 Å². The lowest BCUT2D eigenvalue weighted by Gasteiger charge is -2.26. The molecule has 0 aromatic carbocycles. The van der Waals surface area contributed by atoms with Crippen LogP contribution in [-0.2, 0) is 11.2 Å². The topological polar surface area (TPSA) is 28.3 Å². The zero-order valence-electron chi connectivity index (χ0n) is 10.4. The Morgan fingerprint density at radius 1 is 1.31 bits per heavy atom. The fraction of sp³-hybridized carbons (Fsp3) is 0.692. The van der Waals surface area contributed by atoms with Crippen molar-refractivity contribution in [2.75, 3.05) is 32.8 Å². The third kappa shape index (κ3) is 3.09. The molecule has 3 nitrogen and oxygen atoms in total. The number of nitrogens with zero attached hydrogens (tertiary/aromatic N) is 1. The van der Waals surface area contributed by atoms with Gasteiger partial charge in [0.15, 0.2) is 0 Å². The minimum Gasteiger partial charge on any atom is -0.379 e. The minimum atomic E-state index is 0.903. The van der Waals surface area contributed by atoms with Gasteiger partial charge in [0.25, 0.3) is 0 Å². The number of hydrogen-bond donors (Lipinski definition) is 1. The van der Waals surface area contributed by atoms with E-state index in [-0.39, 0.29) is 0 Å². The number of ether oxygens (including phenoxy) is 1. The summed E-state index contributed by atoms with van der Waals surface area (Å²) in [5, 5.41) is 0. The van der Waals surface area contributed by atoms with Crippen LogP contribution in [0, 0.1) is 13.8 Å². The average Bonchev–Trinajstić information content (AvgIpc) is 2.59. The maximum Gasteiger partial charge on any atom is 0.0594 e. The lowest BCUT2D eigenvalue weighted by atomic mass is 10.1. The third-order valence-electron chi connectivity index (χ3n) is 3.26. The van der Waals surface area contributed by atoms with Crippen LogP contribution in [0.25, 0.3) is 0 Å². The summed E-state index contributed by atoms with van der Waals surface area (Å²) in [5.41, 5.74) is 4.09. The Hall–Kier alpha value is -0.800. The molecule has 1 aromatic rings. The summed E-state index contributed by atoms with van der Waals surface area (Å²) in [7, 11) is 0. The van der Waals surface area contributed by atoms with Crippen LogP contribution in [0.15, 0.2) is 6.07 Å². The molecule has 0 aliphatic carbocycles. The van der Waals surface area contributed by atoms with Gasteiger partial charge in [0.2, 0.25) is 0 Å². The Morgan fingerprint density at radius 3 is 2.69 bits per heavy atom. The van der Waals surface area contributed by atoms with Crippen LogP contribution in [-0.4, -0.2) is 42.7 Å². The molecule has 1 aliphatic rings. The zero-order valence-corrected chi connectivity index (χ0v) is 10.4. The van der Waals surface area contributed by atoms with Crippen molar-refractivity contribution in [3.8, 4) is 0 Å². The Morgan fingerprint density at radius 2 is 2.06 bits per heavy atom. The fourth-order valence-electron chi connectivity index (χ4n) is 2.35. The SMILES string of the molecule is Cc1cc(C)c(CCCN2CCOCC2)[nH]1. The minimum absolute atomic E-state index is 0.903. The van der Waals surface area contributed by atoms with Gasteiger partial charge in [-0.05, 0) is 44.9 Å². The summed E-state index contributed by atoms with van der Waals surface area (Å²) in [6, 6.07) is 2.23. The van der Waals surface area contributed by atoms with E-state index in [9.17, 15) is 0 Å². The molecule has 1 aliphatic heterocycles. The van der Waals surface area contributed by atoms with Gasteiger partial charge in [0, 0.05) is 24.5 Å². The van der Waals surface area contributed by atoms with E-state index < -0.39 is 0 Å². The molecule has 90 valence electrons. The van der Waals surface area contributed by atoms with Crippen molar-refractivity contribution in [2.24, 2.45) is 0 Å². The highest BCUT2D eigenvalue weighted by Gasteiger charge is 2.10. The summed E-state index contributed by atoms with van der Waals surface area (Å²) < 4.78 is 5.34. The monoisotopic (exact) mass is 222 g/mol. The number of aromatic amines is 1. The molecule has 1 saturated heterocycles. The first-order chi connectivity index (χ1) is 7.75. The molecular formula is C13H22N2O. The smallest absolute Gasteiger partial charge is 0.0594 e. The number of morpholine rings is 1. The summed E-state index contributed by atoms with van der Waals surface area (Å²) >= 11 is 0. The zero-order chi connectivity index (χ0) is 11.4. The Kier molecular flexibility index (Phi) is 4.02. The van der Waals surface area contributed by atoms with E-state index in [0.29, 0.717) is 0 Å². The molecule has 16 heavy (non-hydrogen) atoms. The number of aryl methyl sites for hydroxylation is 3. The van der Waals surface area contributed by atoms with Crippen molar-refractivity contribution in [1.29, 1.82) is 0 Å². The molecule has 2 rings (SSSR count). The first kappa shape index (κ1) is 11.7. The summed E-state index contributed by atoms with van der Waals surface area (Å²) in [4.78, 5) is 5.93. The van der Waals surface area contributed by atoms with Crippen LogP contribution in [0.4, 0.5) is 0 Å². The number of nitrogens with one attached hydrogen (secondary N) is 1. The van der Waals surface area contributed by atoms with Gasteiger partial charge in [-0.2, -0.15) is 0 Å². The molecule has 0 saturated carbocycles. The summed E-state index contributed by atoms with van der Waals surface area (Å²) in [6.45, 7) is 9.51. The van der Waals surface area contributed by atoms with Crippen molar-refractivity contribution in [3.05, 3.63) is 23.0 Å². The molecule has 1 aromatic heterocycles. The van der Waals surface area contributed by atoms with E-state index in [2.05, 4.69) is 29.8 Å². The molecule has 3 heteroatoms. The number of aromatic nitrogens is 1. The number of rotatable bonds is 4. The molecule has 0 radical (unpaired) electrons. The molecule has 1 fully saturated rings. The standard InChI is InChI=1S/C13H22N2O/c1-11-10-12(2)14-13(11)4-3-5-15-6-8-16-9-7-15/h10,14H,3-9H2,1-2H3. The predicted molar refractivity (Wildman–Crippen MR) is 65.8 cm³/mol. The average molecular weight is 222 g/mol. The van der Waals surface area contributed by atoms with Crippen molar-refractivity contribution in [1.82, 2.24) is 9.88 Å². The van der Waals surface area contributed by atoms with Crippen molar-refractivity contribution < 1.29 is 4.74 Å². The van der Waals surface area contributed by atoms with Gasteiger partial charge in [-0.15, -0.1) is 0 Å². The predicted octanol–water partition coefficient (Wildman–Crippen LogP) is 1.90. The van der Waals surface area contributed by atoms with Crippen LogP contribution < -0.4 is 0 Å². The van der Waals surface area contributed by atoms with Crippen molar-refractivity contribution in [3.63, 3.8) is 0 Å². The van der Waals surface area contributed by atoms with E-state index >= 15 is 0 Å². The van der Waals surface area contributed by atoms with Crippen LogP contribution >= 0.6 is 0 Å². The number of hydrogen-bond acceptors (Lipinski definition) is 2. The highest BCUT2D eigenvalue weighted by Crippen LogP contribution is 2.11. The van der Waals surface area contributed by atoms with E-state index in [0.717, 1.165) is 32.7 Å². The van der Waals surface area contributed by atoms with E-state index in [1.165, 1.54) is 29.9 Å². The molecule has 2 heterocycles. The van der Waals surface area contributed by atoms with Gasteiger partial charge in [0.1, 0.15) is 0 Å². The highest BCUT2D eigenvalue weighted by molar-refractivity contribution is 5.23. The molecule has 1 N–H and O–H groups in total. The normalized spacial score (nSPS) is 17.9. The second-order valence-corrected chi connectivity index (χ2v) is 4.67. The van der Waals surface area contributed by atoms with E-state index in [1.54, 1.807) is 0 Å². The Bertz CT molecular complexity index is 327. The van der Waals surface area contributed by atoms with Gasteiger partial charge in [-0.3, -0.25) is 4.90 Å². The van der Waals surface area contributed by atoms with Crippen molar-refractivity contribution in [2.45, 2.75) is 26.7 Å². The van der Waals surface area contributed by atoms with E-state index in [4.69, 9.17) is 4.74 Å². The Labute approximate surface area is 97.8 Å². The maximum atomic E-state index is 5.34. The van der Waals surface area contributed by atoms with Crippen LogP contribution in [0.3, 0.4) is 0 Å². The summed E-state index contributed by atoms with van der Waals surface area (Å²) in [6.07, 6.45) is 2.40. The van der Waals surface area contributed by atoms with Crippen molar-refractivity contribution >= 4 is 0 Å². The molecule has 0 spiro atoms. The molecule has 0 bridgehead atoms. The summed E-state index contributed by atoms with van der Waals surface area (Å²) in [5.74, 6) is 0. The molecular weight excluding hydrogens is 200 g/mol. The van der Waals surface area contributed by atoms with Gasteiger partial charge >= 0.3 is 0 Å². The molecule has 0 amide bonds. The lowest BCUT2D eigenvalue weighted by Crippen LogP contribution is -2.36. The first-order valence-corrected chi connectivity index (χ1v) is 6.21.